The van der Waals surface area contributed by atoms with E-state index in [1.165, 1.54) is 18.4 Å². The molecule has 2 aromatic carbocycles. The molecular weight excluding hydrogens is 561 g/mol. The van der Waals surface area contributed by atoms with E-state index in [9.17, 15) is 9.59 Å². The van der Waals surface area contributed by atoms with E-state index in [0.717, 1.165) is 26.0 Å². The Labute approximate surface area is 221 Å². The van der Waals surface area contributed by atoms with Crippen LogP contribution >= 0.6 is 50.5 Å². The van der Waals surface area contributed by atoms with Crippen LogP contribution in [0.15, 0.2) is 34.8 Å². The molecule has 0 aliphatic carbocycles. The molecule has 180 valence electrons. The maximum Gasteiger partial charge on any atom is 0.341 e. The number of ether oxygens (including phenoxy) is 2. The van der Waals surface area contributed by atoms with E-state index < -0.39 is 5.97 Å². The molecule has 0 spiro atoms. The van der Waals surface area contributed by atoms with E-state index in [2.05, 4.69) is 21.2 Å². The van der Waals surface area contributed by atoms with Gasteiger partial charge in [-0.25, -0.2) is 4.79 Å². The van der Waals surface area contributed by atoms with Crippen LogP contribution in [0.5, 0.6) is 5.75 Å². The van der Waals surface area contributed by atoms with Crippen LogP contribution in [0.3, 0.4) is 0 Å². The summed E-state index contributed by atoms with van der Waals surface area (Å²) in [5, 5.41) is 4.58. The summed E-state index contributed by atoms with van der Waals surface area (Å²) < 4.78 is 11.7. The summed E-state index contributed by atoms with van der Waals surface area (Å²) in [6.07, 6.45) is 0.727. The first kappa shape index (κ1) is 26.5. The van der Waals surface area contributed by atoms with Crippen molar-refractivity contribution in [3.8, 4) is 16.9 Å². The molecule has 0 aliphatic rings. The molecule has 0 fully saturated rings. The number of carbonyl (C=O) groups is 2. The summed E-state index contributed by atoms with van der Waals surface area (Å²) in [6, 6.07) is 9.10. The van der Waals surface area contributed by atoms with E-state index in [4.69, 9.17) is 32.7 Å². The third kappa shape index (κ3) is 5.95. The Morgan fingerprint density at radius 3 is 2.56 bits per heavy atom. The highest BCUT2D eigenvalue weighted by Crippen LogP contribution is 2.41. The summed E-state index contributed by atoms with van der Waals surface area (Å²) in [7, 11) is 1.32. The number of rotatable bonds is 8. The Hall–Kier alpha value is -2.06. The van der Waals surface area contributed by atoms with Gasteiger partial charge >= 0.3 is 5.97 Å². The smallest absolute Gasteiger partial charge is 0.341 e. The van der Waals surface area contributed by atoms with Gasteiger partial charge in [0, 0.05) is 26.9 Å². The topological polar surface area (TPSA) is 64.6 Å². The van der Waals surface area contributed by atoms with E-state index in [1.54, 1.807) is 12.1 Å². The van der Waals surface area contributed by atoms with Gasteiger partial charge in [-0.2, -0.15) is 0 Å². The normalized spacial score (nSPS) is 10.8. The third-order valence-corrected chi connectivity index (χ3v) is 8.04. The molecule has 0 saturated heterocycles. The van der Waals surface area contributed by atoms with Crippen molar-refractivity contribution in [1.82, 2.24) is 0 Å². The zero-order chi connectivity index (χ0) is 25.0. The number of hydrogen-bond donors (Lipinski definition) is 1. The van der Waals surface area contributed by atoms with Crippen molar-refractivity contribution in [1.29, 1.82) is 0 Å². The lowest BCUT2D eigenvalue weighted by Crippen LogP contribution is -2.15. The molecule has 0 unspecified atom stereocenters. The first-order valence-electron chi connectivity index (χ1n) is 10.5. The lowest BCUT2D eigenvalue weighted by Gasteiger charge is -2.13. The van der Waals surface area contributed by atoms with Gasteiger partial charge < -0.3 is 14.8 Å². The number of nitrogens with one attached hydrogen (secondary N) is 1. The first-order valence-corrected chi connectivity index (χ1v) is 12.9. The molecule has 3 aromatic rings. The molecule has 0 saturated carbocycles. The van der Waals surface area contributed by atoms with E-state index in [0.29, 0.717) is 45.0 Å². The molecule has 0 aliphatic heterocycles. The number of carbonyl (C=O) groups excluding carboxylic acids is 2. The average molecular weight is 585 g/mol. The molecule has 1 aromatic heterocycles. The van der Waals surface area contributed by atoms with Gasteiger partial charge in [0.2, 0.25) is 5.91 Å². The minimum absolute atomic E-state index is 0.213. The Bertz CT molecular complexity index is 1240. The average Bonchev–Trinajstić information content (AvgIpc) is 3.13. The summed E-state index contributed by atoms with van der Waals surface area (Å²) >= 11 is 17.3. The van der Waals surface area contributed by atoms with Crippen LogP contribution in [0.4, 0.5) is 5.00 Å². The Balaban J connectivity index is 1.69. The van der Waals surface area contributed by atoms with Crippen molar-refractivity contribution in [2.45, 2.75) is 33.6 Å². The predicted octanol–water partition coefficient (Wildman–Crippen LogP) is 7.99. The molecule has 9 heteroatoms. The van der Waals surface area contributed by atoms with E-state index in [1.807, 2.05) is 39.0 Å². The minimum atomic E-state index is -0.517. The molecule has 5 nitrogen and oxygen atoms in total. The Kier molecular flexibility index (Phi) is 9.04. The largest absolute Gasteiger partial charge is 0.492 e. The van der Waals surface area contributed by atoms with Crippen LogP contribution in [0.1, 0.15) is 39.2 Å². The van der Waals surface area contributed by atoms with Gasteiger partial charge in [0.25, 0.3) is 0 Å². The molecule has 3 rings (SSSR count). The molecule has 0 atom stereocenters. The molecule has 0 radical (unpaired) electrons. The van der Waals surface area contributed by atoms with Crippen molar-refractivity contribution in [3.05, 3.63) is 66.4 Å². The Morgan fingerprint density at radius 2 is 1.88 bits per heavy atom. The van der Waals surface area contributed by atoms with Crippen LogP contribution in [0, 0.1) is 20.8 Å². The van der Waals surface area contributed by atoms with Crippen LogP contribution in [-0.2, 0) is 9.53 Å². The number of methoxy groups -OCH3 is 1. The number of halogens is 3. The van der Waals surface area contributed by atoms with Gasteiger partial charge in [-0.15, -0.1) is 11.3 Å². The molecule has 1 N–H and O–H groups in total. The van der Waals surface area contributed by atoms with Crippen molar-refractivity contribution >= 4 is 67.3 Å². The van der Waals surface area contributed by atoms with Gasteiger partial charge in [-0.1, -0.05) is 35.3 Å². The maximum atomic E-state index is 12.7. The standard InChI is InChI=1S/C25H24BrCl2NO4S/c1-13-11-18(22(26)14(2)23(13)28)33-10-6-9-19(30)29-24-21(25(31)32-4)20(15(3)34-24)16-7-5-8-17(27)12-16/h5,7-8,11-12H,6,9-10H2,1-4H3,(H,29,30). The van der Waals surface area contributed by atoms with E-state index >= 15 is 0 Å². The van der Waals surface area contributed by atoms with Crippen molar-refractivity contribution < 1.29 is 19.1 Å². The fourth-order valence-electron chi connectivity index (χ4n) is 3.53. The number of hydrogen-bond acceptors (Lipinski definition) is 5. The number of aryl methyl sites for hydroxylation is 2. The van der Waals surface area contributed by atoms with Crippen LogP contribution < -0.4 is 10.1 Å². The molecule has 1 amide bonds. The lowest BCUT2D eigenvalue weighted by atomic mass is 10.0. The second-order valence-corrected chi connectivity index (χ2v) is 10.5. The molecule has 0 bridgehead atoms. The van der Waals surface area contributed by atoms with Crippen molar-refractivity contribution in [3.63, 3.8) is 0 Å². The SMILES string of the molecule is COC(=O)c1c(NC(=O)CCCOc2cc(C)c(Cl)c(C)c2Br)sc(C)c1-c1cccc(Cl)c1. The van der Waals surface area contributed by atoms with Gasteiger partial charge in [0.15, 0.2) is 0 Å². The third-order valence-electron chi connectivity index (χ3n) is 5.21. The van der Waals surface area contributed by atoms with Crippen LogP contribution in [0.25, 0.3) is 11.1 Å². The fourth-order valence-corrected chi connectivity index (χ4v) is 5.49. The highest BCUT2D eigenvalue weighted by atomic mass is 79.9. The summed E-state index contributed by atoms with van der Waals surface area (Å²) in [6.45, 7) is 6.08. The van der Waals surface area contributed by atoms with E-state index in [-0.39, 0.29) is 12.3 Å². The lowest BCUT2D eigenvalue weighted by molar-refractivity contribution is -0.116. The van der Waals surface area contributed by atoms with Crippen LogP contribution in [-0.4, -0.2) is 25.6 Å². The van der Waals surface area contributed by atoms with Gasteiger partial charge in [-0.05, 0) is 78.0 Å². The second kappa shape index (κ2) is 11.6. The zero-order valence-electron chi connectivity index (χ0n) is 19.2. The van der Waals surface area contributed by atoms with Gasteiger partial charge in [-0.3, -0.25) is 4.79 Å². The summed E-state index contributed by atoms with van der Waals surface area (Å²) in [5.74, 6) is -0.0423. The maximum absolute atomic E-state index is 12.7. The highest BCUT2D eigenvalue weighted by molar-refractivity contribution is 9.10. The van der Waals surface area contributed by atoms with Crippen molar-refractivity contribution in [2.24, 2.45) is 0 Å². The zero-order valence-corrected chi connectivity index (χ0v) is 23.1. The number of amides is 1. The summed E-state index contributed by atoms with van der Waals surface area (Å²) in [4.78, 5) is 26.1. The molecule has 1 heterocycles. The first-order chi connectivity index (χ1) is 16.1. The Morgan fingerprint density at radius 1 is 1.15 bits per heavy atom. The number of benzene rings is 2. The minimum Gasteiger partial charge on any atom is -0.492 e. The monoisotopic (exact) mass is 583 g/mol. The fraction of sp³-hybridized carbons (Fsp3) is 0.280. The van der Waals surface area contributed by atoms with Crippen LogP contribution in [0.2, 0.25) is 10.0 Å². The second-order valence-electron chi connectivity index (χ2n) is 7.68. The van der Waals surface area contributed by atoms with Gasteiger partial charge in [0.05, 0.1) is 18.2 Å². The quantitative estimate of drug-likeness (QED) is 0.215. The number of anilines is 1. The predicted molar refractivity (Wildman–Crippen MR) is 143 cm³/mol. The molecule has 34 heavy (non-hydrogen) atoms. The number of esters is 1. The van der Waals surface area contributed by atoms with Gasteiger partial charge in [0.1, 0.15) is 16.3 Å². The highest BCUT2D eigenvalue weighted by Gasteiger charge is 2.25. The van der Waals surface area contributed by atoms with Crippen molar-refractivity contribution in [2.75, 3.05) is 19.0 Å². The molecular formula is C25H24BrCl2NO4S. The summed E-state index contributed by atoms with van der Waals surface area (Å²) in [5.41, 5.74) is 3.65. The number of thiophene rings is 1.